The summed E-state index contributed by atoms with van der Waals surface area (Å²) in [5, 5.41) is 2.60. The molecule has 4 heteroatoms. The fourth-order valence-electron chi connectivity index (χ4n) is 0.0745. The molecule has 0 saturated heterocycles. The Balaban J connectivity index is 2.62. The van der Waals surface area contributed by atoms with Crippen molar-refractivity contribution in [1.82, 2.24) is 5.23 Å². The van der Waals surface area contributed by atoms with Gasteiger partial charge in [-0.15, -0.1) is 0 Å². The second kappa shape index (κ2) is 3.73. The molecule has 0 aromatic rings. The van der Waals surface area contributed by atoms with Gasteiger partial charge in [-0.05, 0) is 0 Å². The Bertz CT molecular complexity index is 34.6. The summed E-state index contributed by atoms with van der Waals surface area (Å²) in [7, 11) is 7.78. The molecule has 0 rings (SSSR count). The summed E-state index contributed by atoms with van der Waals surface area (Å²) in [6, 6.07) is 0. The van der Waals surface area contributed by atoms with Gasteiger partial charge in [-0.25, -0.2) is 0 Å². The molecule has 0 amide bonds. The van der Waals surface area contributed by atoms with Crippen LogP contribution >= 0.6 is 0 Å². The van der Waals surface area contributed by atoms with E-state index in [-0.39, 0.29) is 0 Å². The van der Waals surface area contributed by atoms with Crippen LogP contribution in [-0.2, 0) is 0 Å². The van der Waals surface area contributed by atoms with Crippen molar-refractivity contribution >= 4 is 15.2 Å². The van der Waals surface area contributed by atoms with Crippen LogP contribution in [-0.4, -0.2) is 22.2 Å². The summed E-state index contributed by atoms with van der Waals surface area (Å²) in [6.07, 6.45) is 0. The van der Waals surface area contributed by atoms with Crippen molar-refractivity contribution in [3.05, 3.63) is 0 Å². The zero-order valence-corrected chi connectivity index (χ0v) is 3.10. The second-order valence-corrected chi connectivity index (χ2v) is 0.567. The molecule has 0 aromatic carbocycles. The summed E-state index contributed by atoms with van der Waals surface area (Å²) in [4.78, 5) is 3.12. The van der Waals surface area contributed by atoms with Crippen molar-refractivity contribution < 1.29 is 0 Å². The maximum atomic E-state index is 4.65. The first-order valence-electron chi connectivity index (χ1n) is 1.31. The molecule has 5 heavy (non-hydrogen) atoms. The van der Waals surface area contributed by atoms with E-state index in [1.54, 1.807) is 7.05 Å². The van der Waals surface area contributed by atoms with E-state index in [0.717, 1.165) is 0 Å². The molecular formula is CH4B2N2. The maximum absolute atomic E-state index is 4.65. The Hall–Kier alpha value is -0.270. The molecule has 0 aliphatic carbocycles. The molecular weight excluding hydrogens is 61.6 g/mol. The van der Waals surface area contributed by atoms with Crippen LogP contribution in [0.2, 0.25) is 0 Å². The van der Waals surface area contributed by atoms with Gasteiger partial charge in [0.15, 0.2) is 0 Å². The molecule has 2 radical (unpaired) electrons. The van der Waals surface area contributed by atoms with Gasteiger partial charge in [0.2, 0.25) is 0 Å². The van der Waals surface area contributed by atoms with E-state index in [2.05, 4.69) is 18.0 Å². The van der Waals surface area contributed by atoms with E-state index in [1.165, 1.54) is 7.21 Å². The standard InChI is InChI=1S/CH4B2N2/c1-4-3-5-2/h4H,1H3. The summed E-state index contributed by atoms with van der Waals surface area (Å²) < 4.78 is 0. The molecule has 0 aliphatic heterocycles. The SMILES string of the molecule is [B]N=BNC. The number of nitrogens with zero attached hydrogens (tertiary/aromatic N) is 1. The quantitative estimate of drug-likeness (QED) is 0.393. The molecule has 0 spiro atoms. The molecule has 0 heterocycles. The second-order valence-electron chi connectivity index (χ2n) is 0.567. The van der Waals surface area contributed by atoms with E-state index >= 15 is 0 Å². The van der Waals surface area contributed by atoms with Crippen LogP contribution in [0.3, 0.4) is 0 Å². The zero-order chi connectivity index (χ0) is 4.12. The first kappa shape index (κ1) is 4.73. The van der Waals surface area contributed by atoms with Gasteiger partial charge in [0.05, 0.1) is 0 Å². The van der Waals surface area contributed by atoms with Crippen molar-refractivity contribution in [2.45, 2.75) is 0 Å². The number of hydrogen-bond donors (Lipinski definition) is 1. The van der Waals surface area contributed by atoms with E-state index < -0.39 is 0 Å². The Morgan fingerprint density at radius 1 is 2.00 bits per heavy atom. The van der Waals surface area contributed by atoms with Crippen molar-refractivity contribution in [2.75, 3.05) is 7.05 Å². The molecule has 0 aromatic heterocycles. The average molecular weight is 65.7 g/mol. The normalized spacial score (nSPS) is 7.40. The fourth-order valence-corrected chi connectivity index (χ4v) is 0.0745. The van der Waals surface area contributed by atoms with E-state index in [9.17, 15) is 0 Å². The van der Waals surface area contributed by atoms with Gasteiger partial charge in [-0.1, -0.05) is 0 Å². The molecule has 0 unspecified atom stereocenters. The van der Waals surface area contributed by atoms with Crippen LogP contribution in [0.1, 0.15) is 0 Å². The third-order valence-electron chi connectivity index (χ3n) is 0.204. The predicted octanol–water partition coefficient (Wildman–Crippen LogP) is -0.908. The molecule has 2 nitrogen and oxygen atoms in total. The summed E-state index contributed by atoms with van der Waals surface area (Å²) >= 11 is 0. The minimum atomic E-state index is 1.40. The molecule has 0 saturated carbocycles. The van der Waals surface area contributed by atoms with E-state index in [0.29, 0.717) is 0 Å². The topological polar surface area (TPSA) is 24.4 Å². The van der Waals surface area contributed by atoms with Crippen LogP contribution in [0.25, 0.3) is 0 Å². The Morgan fingerprint density at radius 3 is 2.60 bits per heavy atom. The van der Waals surface area contributed by atoms with Gasteiger partial charge in [0, 0.05) is 0 Å². The monoisotopic (exact) mass is 66.1 g/mol. The van der Waals surface area contributed by atoms with Crippen molar-refractivity contribution in [3.63, 3.8) is 0 Å². The van der Waals surface area contributed by atoms with Crippen LogP contribution in [0.15, 0.2) is 4.81 Å². The van der Waals surface area contributed by atoms with E-state index in [4.69, 9.17) is 0 Å². The molecule has 1 N–H and O–H groups in total. The van der Waals surface area contributed by atoms with Gasteiger partial charge in [0.1, 0.15) is 0 Å². The summed E-state index contributed by atoms with van der Waals surface area (Å²) in [5.74, 6) is 0. The number of nitrogens with one attached hydrogen (secondary N) is 1. The van der Waals surface area contributed by atoms with Gasteiger partial charge in [0.25, 0.3) is 0 Å². The van der Waals surface area contributed by atoms with Gasteiger partial charge < -0.3 is 0 Å². The minimum absolute atomic E-state index is 1.40. The average Bonchev–Trinajstić information content (AvgIpc) is 1.41. The third-order valence-corrected chi connectivity index (χ3v) is 0.204. The Morgan fingerprint density at radius 2 is 2.60 bits per heavy atom. The summed E-state index contributed by atoms with van der Waals surface area (Å²) in [5.41, 5.74) is 0. The Labute approximate surface area is 33.4 Å². The third kappa shape index (κ3) is 3.73. The molecule has 0 fully saturated rings. The van der Waals surface area contributed by atoms with Crippen LogP contribution < -0.4 is 5.23 Å². The van der Waals surface area contributed by atoms with Gasteiger partial charge in [-0.3, -0.25) is 0 Å². The first-order valence-corrected chi connectivity index (χ1v) is 1.31. The molecule has 0 aliphatic rings. The van der Waals surface area contributed by atoms with Crippen LogP contribution in [0.5, 0.6) is 0 Å². The molecule has 0 atom stereocenters. The number of hydrogen-bond acceptors (Lipinski definition) is 1. The number of rotatable bonds is 1. The molecule has 0 bridgehead atoms. The predicted molar refractivity (Wildman–Crippen MR) is 23.0 cm³/mol. The summed E-state index contributed by atoms with van der Waals surface area (Å²) in [6.45, 7) is 0. The van der Waals surface area contributed by atoms with Gasteiger partial charge >= 0.3 is 32.3 Å². The van der Waals surface area contributed by atoms with Crippen LogP contribution in [0, 0.1) is 0 Å². The van der Waals surface area contributed by atoms with Gasteiger partial charge in [-0.2, -0.15) is 0 Å². The van der Waals surface area contributed by atoms with Crippen molar-refractivity contribution in [1.29, 1.82) is 0 Å². The van der Waals surface area contributed by atoms with Crippen LogP contribution in [0.4, 0.5) is 0 Å². The van der Waals surface area contributed by atoms with Crippen molar-refractivity contribution in [3.8, 4) is 0 Å². The fraction of sp³-hybridized carbons (Fsp3) is 1.00. The zero-order valence-electron chi connectivity index (χ0n) is 3.10. The molecule has 24 valence electrons. The first-order chi connectivity index (χ1) is 2.41. The Kier molecular flexibility index (Phi) is 3.53. The van der Waals surface area contributed by atoms with Crippen molar-refractivity contribution in [2.24, 2.45) is 4.81 Å². The van der Waals surface area contributed by atoms with E-state index in [1.807, 2.05) is 0 Å².